The molecule has 1 saturated heterocycles. The Labute approximate surface area is 156 Å². The van der Waals surface area contributed by atoms with Crippen LogP contribution in [0.2, 0.25) is 5.02 Å². The van der Waals surface area contributed by atoms with Gasteiger partial charge in [-0.3, -0.25) is 9.59 Å². The Hall–Kier alpha value is -2.73. The molecule has 26 heavy (non-hydrogen) atoms. The number of anilines is 1. The number of carbonyl (C=O) groups excluding carboxylic acids is 2. The summed E-state index contributed by atoms with van der Waals surface area (Å²) in [5, 5.41) is 3.29. The van der Waals surface area contributed by atoms with Crippen LogP contribution in [0.3, 0.4) is 0 Å². The molecule has 1 atom stereocenters. The van der Waals surface area contributed by atoms with Crippen LogP contribution in [0.1, 0.15) is 16.8 Å². The van der Waals surface area contributed by atoms with Crippen LogP contribution < -0.4 is 19.7 Å². The van der Waals surface area contributed by atoms with Crippen LogP contribution in [-0.2, 0) is 4.79 Å². The van der Waals surface area contributed by atoms with E-state index in [0.717, 1.165) is 0 Å². The van der Waals surface area contributed by atoms with Crippen molar-refractivity contribution in [3.63, 3.8) is 0 Å². The topological polar surface area (TPSA) is 67.9 Å². The second-order valence-electron chi connectivity index (χ2n) is 5.83. The molecule has 3 rings (SSSR count). The zero-order chi connectivity index (χ0) is 18.7. The molecule has 2 aromatic carbocycles. The van der Waals surface area contributed by atoms with Gasteiger partial charge in [-0.25, -0.2) is 0 Å². The number of nitrogens with zero attached hydrogens (tertiary/aromatic N) is 1. The van der Waals surface area contributed by atoms with Gasteiger partial charge in [0, 0.05) is 12.1 Å². The molecule has 0 aromatic heterocycles. The second kappa shape index (κ2) is 7.66. The summed E-state index contributed by atoms with van der Waals surface area (Å²) in [5.41, 5.74) is 1.05. The van der Waals surface area contributed by atoms with Crippen molar-refractivity contribution < 1.29 is 19.1 Å². The predicted octanol–water partition coefficient (Wildman–Crippen LogP) is 2.89. The minimum absolute atomic E-state index is 0.174. The normalized spacial score (nSPS) is 16.5. The third kappa shape index (κ3) is 3.46. The number of methoxy groups -OCH3 is 2. The Morgan fingerprint density at radius 2 is 1.88 bits per heavy atom. The van der Waals surface area contributed by atoms with E-state index in [9.17, 15) is 9.59 Å². The molecule has 1 aliphatic rings. The Morgan fingerprint density at radius 3 is 2.58 bits per heavy atom. The lowest BCUT2D eigenvalue weighted by Gasteiger charge is -2.18. The van der Waals surface area contributed by atoms with E-state index in [4.69, 9.17) is 21.1 Å². The molecule has 7 heteroatoms. The van der Waals surface area contributed by atoms with Crippen molar-refractivity contribution in [3.8, 4) is 11.5 Å². The van der Waals surface area contributed by atoms with E-state index in [0.29, 0.717) is 40.7 Å². The molecule has 0 bridgehead atoms. The van der Waals surface area contributed by atoms with E-state index in [-0.39, 0.29) is 11.8 Å². The highest BCUT2D eigenvalue weighted by atomic mass is 35.5. The first-order valence-electron chi connectivity index (χ1n) is 8.14. The fourth-order valence-electron chi connectivity index (χ4n) is 2.94. The zero-order valence-electron chi connectivity index (χ0n) is 14.5. The quantitative estimate of drug-likeness (QED) is 0.873. The first kappa shape index (κ1) is 18.1. The van der Waals surface area contributed by atoms with Gasteiger partial charge in [-0.2, -0.15) is 0 Å². The SMILES string of the molecule is COc1ccc(C(=O)NC2CCN(c3ccccc3Cl)C2=O)cc1OC. The number of benzene rings is 2. The van der Waals surface area contributed by atoms with Gasteiger partial charge in [0.2, 0.25) is 5.91 Å². The van der Waals surface area contributed by atoms with Crippen LogP contribution in [0, 0.1) is 0 Å². The minimum Gasteiger partial charge on any atom is -0.493 e. The summed E-state index contributed by atoms with van der Waals surface area (Å²) in [4.78, 5) is 26.8. The lowest BCUT2D eigenvalue weighted by molar-refractivity contribution is -0.118. The summed E-state index contributed by atoms with van der Waals surface area (Å²) in [6.07, 6.45) is 0.517. The van der Waals surface area contributed by atoms with Crippen molar-refractivity contribution in [3.05, 3.63) is 53.1 Å². The first-order valence-corrected chi connectivity index (χ1v) is 8.51. The molecule has 1 heterocycles. The Kier molecular flexibility index (Phi) is 5.32. The third-order valence-corrected chi connectivity index (χ3v) is 4.62. The molecule has 1 N–H and O–H groups in total. The Morgan fingerprint density at radius 1 is 1.15 bits per heavy atom. The molecule has 2 aromatic rings. The molecule has 1 unspecified atom stereocenters. The molecule has 136 valence electrons. The van der Waals surface area contributed by atoms with E-state index in [1.165, 1.54) is 14.2 Å². The van der Waals surface area contributed by atoms with Crippen LogP contribution in [0.5, 0.6) is 11.5 Å². The van der Waals surface area contributed by atoms with E-state index in [1.54, 1.807) is 35.2 Å². The first-order chi connectivity index (χ1) is 12.5. The number of carbonyl (C=O) groups is 2. The van der Waals surface area contributed by atoms with E-state index in [2.05, 4.69) is 5.32 Å². The van der Waals surface area contributed by atoms with Crippen LogP contribution in [0.25, 0.3) is 0 Å². The maximum Gasteiger partial charge on any atom is 0.252 e. The maximum atomic E-state index is 12.7. The molecule has 0 radical (unpaired) electrons. The molecule has 2 amide bonds. The second-order valence-corrected chi connectivity index (χ2v) is 6.23. The number of hydrogen-bond donors (Lipinski definition) is 1. The third-order valence-electron chi connectivity index (χ3n) is 4.30. The molecule has 0 aliphatic carbocycles. The maximum absolute atomic E-state index is 12.7. The lowest BCUT2D eigenvalue weighted by Crippen LogP contribution is -2.41. The number of halogens is 1. The van der Waals surface area contributed by atoms with E-state index < -0.39 is 6.04 Å². The van der Waals surface area contributed by atoms with Crippen LogP contribution in [-0.4, -0.2) is 38.6 Å². The molecule has 0 spiro atoms. The van der Waals surface area contributed by atoms with Crippen molar-refractivity contribution in [2.45, 2.75) is 12.5 Å². The Bertz CT molecular complexity index is 840. The fourth-order valence-corrected chi connectivity index (χ4v) is 3.18. The van der Waals surface area contributed by atoms with Crippen molar-refractivity contribution in [2.75, 3.05) is 25.7 Å². The predicted molar refractivity (Wildman–Crippen MR) is 99.2 cm³/mol. The highest BCUT2D eigenvalue weighted by molar-refractivity contribution is 6.34. The lowest BCUT2D eigenvalue weighted by atomic mass is 10.1. The largest absolute Gasteiger partial charge is 0.493 e. The number of amides is 2. The van der Waals surface area contributed by atoms with Gasteiger partial charge in [0.05, 0.1) is 24.9 Å². The highest BCUT2D eigenvalue weighted by Gasteiger charge is 2.34. The van der Waals surface area contributed by atoms with Gasteiger partial charge < -0.3 is 19.7 Å². The van der Waals surface area contributed by atoms with Crippen LogP contribution in [0.4, 0.5) is 5.69 Å². The summed E-state index contributed by atoms with van der Waals surface area (Å²) < 4.78 is 10.4. The van der Waals surface area contributed by atoms with Crippen molar-refractivity contribution in [1.29, 1.82) is 0 Å². The number of ether oxygens (including phenoxy) is 2. The minimum atomic E-state index is -0.591. The van der Waals surface area contributed by atoms with Gasteiger partial charge in [-0.15, -0.1) is 0 Å². The summed E-state index contributed by atoms with van der Waals surface area (Å²) >= 11 is 6.17. The van der Waals surface area contributed by atoms with Crippen LogP contribution >= 0.6 is 11.6 Å². The van der Waals surface area contributed by atoms with Crippen molar-refractivity contribution >= 4 is 29.1 Å². The number of para-hydroxylation sites is 1. The average molecular weight is 375 g/mol. The fraction of sp³-hybridized carbons (Fsp3) is 0.263. The summed E-state index contributed by atoms with van der Waals surface area (Å²) in [7, 11) is 3.03. The van der Waals surface area contributed by atoms with Gasteiger partial charge >= 0.3 is 0 Å². The summed E-state index contributed by atoms with van der Waals surface area (Å²) in [6, 6.07) is 11.4. The standard InChI is InChI=1S/C19H19ClN2O4/c1-25-16-8-7-12(11-17(16)26-2)18(23)21-14-9-10-22(19(14)24)15-6-4-3-5-13(15)20/h3-8,11,14H,9-10H2,1-2H3,(H,21,23). The monoisotopic (exact) mass is 374 g/mol. The molecule has 6 nitrogen and oxygen atoms in total. The zero-order valence-corrected chi connectivity index (χ0v) is 15.2. The molecule has 1 aliphatic heterocycles. The van der Waals surface area contributed by atoms with E-state index in [1.807, 2.05) is 12.1 Å². The van der Waals surface area contributed by atoms with Crippen molar-refractivity contribution in [1.82, 2.24) is 5.32 Å². The number of hydrogen-bond acceptors (Lipinski definition) is 4. The molecular formula is C19H19ClN2O4. The van der Waals surface area contributed by atoms with Gasteiger partial charge in [-0.1, -0.05) is 23.7 Å². The molecule has 0 saturated carbocycles. The summed E-state index contributed by atoms with van der Waals surface area (Å²) in [6.45, 7) is 0.499. The van der Waals surface area contributed by atoms with Gasteiger partial charge in [0.1, 0.15) is 6.04 Å². The highest BCUT2D eigenvalue weighted by Crippen LogP contribution is 2.30. The van der Waals surface area contributed by atoms with Crippen molar-refractivity contribution in [2.24, 2.45) is 0 Å². The van der Waals surface area contributed by atoms with Gasteiger partial charge in [-0.05, 0) is 36.8 Å². The smallest absolute Gasteiger partial charge is 0.252 e. The molecule has 1 fully saturated rings. The molecular weight excluding hydrogens is 356 g/mol. The number of nitrogens with one attached hydrogen (secondary N) is 1. The average Bonchev–Trinajstić information content (AvgIpc) is 3.01. The van der Waals surface area contributed by atoms with Gasteiger partial charge in [0.15, 0.2) is 11.5 Å². The van der Waals surface area contributed by atoms with E-state index >= 15 is 0 Å². The van der Waals surface area contributed by atoms with Gasteiger partial charge in [0.25, 0.3) is 5.91 Å². The Balaban J connectivity index is 1.73. The number of rotatable bonds is 5. The van der Waals surface area contributed by atoms with Crippen LogP contribution in [0.15, 0.2) is 42.5 Å². The summed E-state index contributed by atoms with van der Waals surface area (Å²) in [5.74, 6) is 0.471.